The van der Waals surface area contributed by atoms with Crippen LogP contribution in [0.2, 0.25) is 5.02 Å². The van der Waals surface area contributed by atoms with Gasteiger partial charge < -0.3 is 10.7 Å². The normalized spacial score (nSPS) is 11.4. The van der Waals surface area contributed by atoms with Gasteiger partial charge in [-0.25, -0.2) is 4.98 Å². The number of nitrogens with zero attached hydrogens (tertiary/aromatic N) is 1. The minimum Gasteiger partial charge on any atom is -0.399 e. The number of aromatic nitrogens is 2. The van der Waals surface area contributed by atoms with Crippen LogP contribution < -0.4 is 10.5 Å². The Hall–Kier alpha value is -1.73. The molecule has 8 heteroatoms. The van der Waals surface area contributed by atoms with Crippen molar-refractivity contribution in [3.63, 3.8) is 0 Å². The van der Waals surface area contributed by atoms with E-state index < -0.39 is 10.0 Å². The highest BCUT2D eigenvalue weighted by Gasteiger charge is 2.17. The third-order valence-electron chi connectivity index (χ3n) is 2.21. The fourth-order valence-electron chi connectivity index (χ4n) is 1.35. The highest BCUT2D eigenvalue weighted by atomic mass is 35.5. The Morgan fingerprint density at radius 2 is 2.17 bits per heavy atom. The molecule has 0 aliphatic carbocycles. The number of nitrogen functional groups attached to an aromatic ring is 1. The SMILES string of the molecule is Cc1ncc(S(=O)(=O)Nc2ccc(N)cc2Cl)[nH]1. The highest BCUT2D eigenvalue weighted by molar-refractivity contribution is 7.92. The van der Waals surface area contributed by atoms with E-state index in [0.717, 1.165) is 0 Å². The van der Waals surface area contributed by atoms with Gasteiger partial charge in [0, 0.05) is 5.69 Å². The van der Waals surface area contributed by atoms with E-state index in [2.05, 4.69) is 14.7 Å². The van der Waals surface area contributed by atoms with Gasteiger partial charge in [-0.05, 0) is 25.1 Å². The molecule has 0 bridgehead atoms. The van der Waals surface area contributed by atoms with E-state index in [1.165, 1.54) is 18.3 Å². The number of H-pyrrole nitrogens is 1. The van der Waals surface area contributed by atoms with Gasteiger partial charge in [0.2, 0.25) is 0 Å². The van der Waals surface area contributed by atoms with Crippen LogP contribution >= 0.6 is 11.6 Å². The molecule has 6 nitrogen and oxygen atoms in total. The summed E-state index contributed by atoms with van der Waals surface area (Å²) in [6, 6.07) is 4.53. The summed E-state index contributed by atoms with van der Waals surface area (Å²) in [6.07, 6.45) is 1.24. The van der Waals surface area contributed by atoms with Gasteiger partial charge in [-0.3, -0.25) is 4.72 Å². The summed E-state index contributed by atoms with van der Waals surface area (Å²) in [5.74, 6) is 0.513. The van der Waals surface area contributed by atoms with Crippen molar-refractivity contribution in [2.24, 2.45) is 0 Å². The van der Waals surface area contributed by atoms with Crippen LogP contribution in [-0.4, -0.2) is 18.4 Å². The van der Waals surface area contributed by atoms with Crippen molar-refractivity contribution in [1.82, 2.24) is 9.97 Å². The van der Waals surface area contributed by atoms with Crippen LogP contribution in [0.1, 0.15) is 5.82 Å². The number of hydrogen-bond donors (Lipinski definition) is 3. The standard InChI is InChI=1S/C10H11ClN4O2S/c1-6-13-5-10(14-6)18(16,17)15-9-3-2-7(12)4-8(9)11/h2-5,15H,12H2,1H3,(H,13,14). The van der Waals surface area contributed by atoms with Crippen LogP contribution in [0.25, 0.3) is 0 Å². The summed E-state index contributed by atoms with van der Waals surface area (Å²) in [5.41, 5.74) is 6.25. The maximum atomic E-state index is 12.0. The molecule has 0 saturated carbocycles. The average molecular weight is 287 g/mol. The van der Waals surface area contributed by atoms with E-state index in [1.807, 2.05) is 0 Å². The van der Waals surface area contributed by atoms with Gasteiger partial charge in [0.05, 0.1) is 16.9 Å². The Bertz CT molecular complexity index is 681. The van der Waals surface area contributed by atoms with E-state index in [1.54, 1.807) is 13.0 Å². The number of aryl methyl sites for hydroxylation is 1. The lowest BCUT2D eigenvalue weighted by atomic mass is 10.3. The van der Waals surface area contributed by atoms with E-state index in [0.29, 0.717) is 11.5 Å². The largest absolute Gasteiger partial charge is 0.399 e. The van der Waals surface area contributed by atoms with Gasteiger partial charge >= 0.3 is 0 Å². The minimum absolute atomic E-state index is 0.0205. The van der Waals surface area contributed by atoms with E-state index in [4.69, 9.17) is 17.3 Å². The first kappa shape index (κ1) is 12.7. The maximum Gasteiger partial charge on any atom is 0.279 e. The molecule has 1 aromatic heterocycles. The lowest BCUT2D eigenvalue weighted by Crippen LogP contribution is -2.13. The van der Waals surface area contributed by atoms with Crippen LogP contribution in [0.4, 0.5) is 11.4 Å². The molecular weight excluding hydrogens is 276 g/mol. The van der Waals surface area contributed by atoms with Crippen LogP contribution in [0.15, 0.2) is 29.4 Å². The summed E-state index contributed by atoms with van der Waals surface area (Å²) < 4.78 is 26.3. The molecule has 2 rings (SSSR count). The van der Waals surface area contributed by atoms with Crippen molar-refractivity contribution >= 4 is 33.0 Å². The molecule has 0 saturated heterocycles. The van der Waals surface area contributed by atoms with Crippen LogP contribution in [0.5, 0.6) is 0 Å². The lowest BCUT2D eigenvalue weighted by Gasteiger charge is -2.08. The molecule has 0 unspecified atom stereocenters. The first-order chi connectivity index (χ1) is 8.38. The van der Waals surface area contributed by atoms with Crippen LogP contribution in [0.3, 0.4) is 0 Å². The number of nitrogens with one attached hydrogen (secondary N) is 2. The van der Waals surface area contributed by atoms with Gasteiger partial charge in [-0.1, -0.05) is 11.6 Å². The Morgan fingerprint density at radius 1 is 1.44 bits per heavy atom. The van der Waals surface area contributed by atoms with Crippen molar-refractivity contribution in [3.8, 4) is 0 Å². The maximum absolute atomic E-state index is 12.0. The van der Waals surface area contributed by atoms with E-state index >= 15 is 0 Å². The Labute approximate surface area is 109 Å². The lowest BCUT2D eigenvalue weighted by molar-refractivity contribution is 0.598. The number of rotatable bonds is 3. The summed E-state index contributed by atoms with van der Waals surface area (Å²) in [5, 5.41) is 0.211. The van der Waals surface area contributed by atoms with Crippen LogP contribution in [0, 0.1) is 6.92 Å². The molecule has 0 atom stereocenters. The van der Waals surface area contributed by atoms with Crippen molar-refractivity contribution in [2.75, 3.05) is 10.5 Å². The number of nitrogens with two attached hydrogens (primary N) is 1. The number of benzene rings is 1. The fraction of sp³-hybridized carbons (Fsp3) is 0.100. The Balaban J connectivity index is 2.33. The summed E-state index contributed by atoms with van der Waals surface area (Å²) in [6.45, 7) is 1.66. The molecule has 4 N–H and O–H groups in total. The highest BCUT2D eigenvalue weighted by Crippen LogP contribution is 2.26. The molecular formula is C10H11ClN4O2S. The van der Waals surface area contributed by atoms with Gasteiger partial charge in [0.1, 0.15) is 5.82 Å². The molecule has 0 radical (unpaired) electrons. The van der Waals surface area contributed by atoms with Gasteiger partial charge in [-0.15, -0.1) is 0 Å². The van der Waals surface area contributed by atoms with Gasteiger partial charge in [-0.2, -0.15) is 8.42 Å². The third kappa shape index (κ3) is 2.57. The molecule has 0 aliphatic heterocycles. The van der Waals surface area contributed by atoms with Crippen molar-refractivity contribution < 1.29 is 8.42 Å². The minimum atomic E-state index is -3.72. The molecule has 0 amide bonds. The number of hydrogen-bond acceptors (Lipinski definition) is 4. The molecule has 0 fully saturated rings. The quantitative estimate of drug-likeness (QED) is 0.748. The van der Waals surface area contributed by atoms with Crippen molar-refractivity contribution in [1.29, 1.82) is 0 Å². The summed E-state index contributed by atoms with van der Waals surface area (Å²) >= 11 is 5.90. The zero-order chi connectivity index (χ0) is 13.3. The Kier molecular flexibility index (Phi) is 3.18. The third-order valence-corrected chi connectivity index (χ3v) is 3.79. The monoisotopic (exact) mass is 286 g/mol. The smallest absolute Gasteiger partial charge is 0.279 e. The first-order valence-electron chi connectivity index (χ1n) is 4.98. The zero-order valence-corrected chi connectivity index (χ0v) is 11.0. The second-order valence-corrected chi connectivity index (χ2v) is 5.74. The second-order valence-electron chi connectivity index (χ2n) is 3.68. The van der Waals surface area contributed by atoms with Crippen molar-refractivity contribution in [3.05, 3.63) is 35.2 Å². The molecule has 2 aromatic rings. The number of sulfonamides is 1. The number of halogens is 1. The second kappa shape index (κ2) is 4.51. The summed E-state index contributed by atoms with van der Waals surface area (Å²) in [4.78, 5) is 6.47. The topological polar surface area (TPSA) is 101 Å². The summed E-state index contributed by atoms with van der Waals surface area (Å²) in [7, 11) is -3.72. The predicted octanol–water partition coefficient (Wildman–Crippen LogP) is 1.75. The first-order valence-corrected chi connectivity index (χ1v) is 6.84. The van der Waals surface area contributed by atoms with Gasteiger partial charge in [0.15, 0.2) is 5.03 Å². The fourth-order valence-corrected chi connectivity index (χ4v) is 2.69. The average Bonchev–Trinajstić information content (AvgIpc) is 2.70. The molecule has 1 heterocycles. The predicted molar refractivity (Wildman–Crippen MR) is 70.0 cm³/mol. The molecule has 0 spiro atoms. The zero-order valence-electron chi connectivity index (χ0n) is 9.44. The number of aromatic amines is 1. The molecule has 1 aromatic carbocycles. The van der Waals surface area contributed by atoms with Gasteiger partial charge in [0.25, 0.3) is 10.0 Å². The molecule has 18 heavy (non-hydrogen) atoms. The molecule has 0 aliphatic rings. The number of anilines is 2. The van der Waals surface area contributed by atoms with Crippen LogP contribution in [-0.2, 0) is 10.0 Å². The number of imidazole rings is 1. The Morgan fingerprint density at radius 3 is 2.72 bits per heavy atom. The van der Waals surface area contributed by atoms with E-state index in [9.17, 15) is 8.42 Å². The van der Waals surface area contributed by atoms with Crippen molar-refractivity contribution in [2.45, 2.75) is 11.9 Å². The van der Waals surface area contributed by atoms with E-state index in [-0.39, 0.29) is 15.7 Å². The molecule has 96 valence electrons.